The van der Waals surface area contributed by atoms with Crippen LogP contribution >= 0.6 is 12.4 Å². The van der Waals surface area contributed by atoms with Crippen molar-refractivity contribution >= 4 is 40.2 Å². The molecule has 146 valence electrons. The molecular formula is C22H19ClFN5. The van der Waals surface area contributed by atoms with Gasteiger partial charge in [-0.1, -0.05) is 24.3 Å². The van der Waals surface area contributed by atoms with Gasteiger partial charge in [0.15, 0.2) is 0 Å². The predicted octanol–water partition coefficient (Wildman–Crippen LogP) is 5.21. The number of anilines is 1. The van der Waals surface area contributed by atoms with Gasteiger partial charge in [-0.15, -0.1) is 12.4 Å². The van der Waals surface area contributed by atoms with E-state index < -0.39 is 0 Å². The molecule has 0 radical (unpaired) electrons. The molecule has 0 unspecified atom stereocenters. The highest BCUT2D eigenvalue weighted by Gasteiger charge is 2.14. The van der Waals surface area contributed by atoms with Crippen molar-refractivity contribution < 1.29 is 4.39 Å². The molecule has 7 heteroatoms. The Labute approximate surface area is 173 Å². The average Bonchev–Trinajstić information content (AvgIpc) is 3.30. The summed E-state index contributed by atoms with van der Waals surface area (Å²) in [5, 5.41) is 0. The maximum absolute atomic E-state index is 13.4. The van der Waals surface area contributed by atoms with Gasteiger partial charge in [-0.05, 0) is 48.5 Å². The number of nitrogens with zero attached hydrogens (tertiary/aromatic N) is 3. The molecule has 5 aromatic rings. The van der Waals surface area contributed by atoms with E-state index in [2.05, 4.69) is 24.8 Å². The number of rotatable bonds is 5. The van der Waals surface area contributed by atoms with Crippen LogP contribution in [0.4, 0.5) is 10.1 Å². The van der Waals surface area contributed by atoms with Gasteiger partial charge in [-0.3, -0.25) is 0 Å². The molecule has 2 aromatic heterocycles. The number of halogens is 2. The van der Waals surface area contributed by atoms with E-state index in [-0.39, 0.29) is 18.2 Å². The minimum Gasteiger partial charge on any atom is -0.357 e. The fraction of sp³-hybridized carbons (Fsp3) is 0.0909. The summed E-state index contributed by atoms with van der Waals surface area (Å²) in [6.45, 7) is 1.11. The van der Waals surface area contributed by atoms with E-state index in [9.17, 15) is 4.39 Å². The van der Waals surface area contributed by atoms with Gasteiger partial charge in [0.1, 0.15) is 17.5 Å². The quantitative estimate of drug-likeness (QED) is 0.420. The van der Waals surface area contributed by atoms with Crippen molar-refractivity contribution in [2.24, 2.45) is 0 Å². The van der Waals surface area contributed by atoms with Crippen LogP contribution in [0.2, 0.25) is 0 Å². The number of hydrogen-bond acceptors (Lipinski definition) is 3. The van der Waals surface area contributed by atoms with Crippen LogP contribution in [0, 0.1) is 5.82 Å². The number of benzene rings is 3. The summed E-state index contributed by atoms with van der Waals surface area (Å²) in [4.78, 5) is 18.2. The molecule has 0 atom stereocenters. The molecule has 0 aliphatic heterocycles. The van der Waals surface area contributed by atoms with Gasteiger partial charge in [-0.25, -0.2) is 14.4 Å². The summed E-state index contributed by atoms with van der Waals surface area (Å²) >= 11 is 0. The standard InChI is InChI=1S/C22H18FN5.ClH/c23-15-9-11-16(12-10-15)28(13-21-24-17-5-1-2-6-18(17)25-21)14-22-26-19-7-3-4-8-20(19)27-22;/h1-12H,13-14H2,(H,24,25)(H,26,27);1H. The molecule has 0 saturated carbocycles. The SMILES string of the molecule is Cl.Fc1ccc(N(Cc2nc3ccccc3[nH]2)Cc2nc3ccccc3[nH]2)cc1. The van der Waals surface area contributed by atoms with Gasteiger partial charge in [0.05, 0.1) is 35.2 Å². The van der Waals surface area contributed by atoms with Crippen molar-refractivity contribution in [1.82, 2.24) is 19.9 Å². The van der Waals surface area contributed by atoms with Crippen LogP contribution < -0.4 is 4.90 Å². The van der Waals surface area contributed by atoms with Crippen molar-refractivity contribution in [2.75, 3.05) is 4.90 Å². The monoisotopic (exact) mass is 407 g/mol. The highest BCUT2D eigenvalue weighted by atomic mass is 35.5. The third-order valence-corrected chi connectivity index (χ3v) is 4.75. The molecule has 29 heavy (non-hydrogen) atoms. The topological polar surface area (TPSA) is 60.6 Å². The van der Waals surface area contributed by atoms with Crippen LogP contribution in [0.1, 0.15) is 11.6 Å². The molecule has 0 aliphatic carbocycles. The summed E-state index contributed by atoms with van der Waals surface area (Å²) in [5.41, 5.74) is 4.77. The van der Waals surface area contributed by atoms with Gasteiger partial charge < -0.3 is 14.9 Å². The number of hydrogen-bond donors (Lipinski definition) is 2. The van der Waals surface area contributed by atoms with Crippen molar-refractivity contribution in [2.45, 2.75) is 13.1 Å². The fourth-order valence-corrected chi connectivity index (χ4v) is 3.41. The van der Waals surface area contributed by atoms with Gasteiger partial charge in [-0.2, -0.15) is 0 Å². The molecule has 3 aromatic carbocycles. The number of imidazole rings is 2. The van der Waals surface area contributed by atoms with Crippen molar-refractivity contribution in [1.29, 1.82) is 0 Å². The molecule has 0 saturated heterocycles. The van der Waals surface area contributed by atoms with Crippen LogP contribution in [0.15, 0.2) is 72.8 Å². The lowest BCUT2D eigenvalue weighted by Gasteiger charge is -2.22. The first-order valence-corrected chi connectivity index (χ1v) is 9.12. The molecule has 0 bridgehead atoms. The summed E-state index contributed by atoms with van der Waals surface area (Å²) in [5.74, 6) is 1.44. The fourth-order valence-electron chi connectivity index (χ4n) is 3.41. The first-order chi connectivity index (χ1) is 13.7. The number of nitrogens with one attached hydrogen (secondary N) is 2. The average molecular weight is 408 g/mol. The van der Waals surface area contributed by atoms with E-state index >= 15 is 0 Å². The molecule has 0 aliphatic rings. The Morgan fingerprint density at radius 1 is 0.690 bits per heavy atom. The van der Waals surface area contributed by atoms with E-state index in [0.29, 0.717) is 13.1 Å². The lowest BCUT2D eigenvalue weighted by Crippen LogP contribution is -2.23. The Hall–Kier alpha value is -3.38. The van der Waals surface area contributed by atoms with Gasteiger partial charge >= 0.3 is 0 Å². The lowest BCUT2D eigenvalue weighted by atomic mass is 10.2. The number of aromatic amines is 2. The zero-order chi connectivity index (χ0) is 18.9. The second-order valence-corrected chi connectivity index (χ2v) is 6.73. The Morgan fingerprint density at radius 2 is 1.17 bits per heavy atom. The minimum atomic E-state index is -0.254. The second kappa shape index (κ2) is 7.93. The number of fused-ring (bicyclic) bond motifs is 2. The molecule has 5 nitrogen and oxygen atoms in total. The summed E-state index contributed by atoms with van der Waals surface area (Å²) in [6, 6.07) is 22.4. The molecule has 2 N–H and O–H groups in total. The normalized spacial score (nSPS) is 10.9. The highest BCUT2D eigenvalue weighted by Crippen LogP contribution is 2.21. The van der Waals surface area contributed by atoms with Crippen molar-refractivity contribution in [3.63, 3.8) is 0 Å². The zero-order valence-corrected chi connectivity index (χ0v) is 16.3. The third-order valence-electron chi connectivity index (χ3n) is 4.75. The second-order valence-electron chi connectivity index (χ2n) is 6.73. The van der Waals surface area contributed by atoms with Crippen LogP contribution in [-0.2, 0) is 13.1 Å². The number of aromatic nitrogens is 4. The lowest BCUT2D eigenvalue weighted by molar-refractivity contribution is 0.627. The van der Waals surface area contributed by atoms with Gasteiger partial charge in [0, 0.05) is 5.69 Å². The molecule has 2 heterocycles. The van der Waals surface area contributed by atoms with Gasteiger partial charge in [0.2, 0.25) is 0 Å². The van der Waals surface area contributed by atoms with Crippen molar-refractivity contribution in [3.8, 4) is 0 Å². The molecule has 0 spiro atoms. The van der Waals surface area contributed by atoms with E-state index in [4.69, 9.17) is 0 Å². The summed E-state index contributed by atoms with van der Waals surface area (Å²) in [7, 11) is 0. The van der Waals surface area contributed by atoms with E-state index in [0.717, 1.165) is 39.4 Å². The Bertz CT molecular complexity index is 1100. The van der Waals surface area contributed by atoms with Crippen LogP contribution in [0.5, 0.6) is 0 Å². The molecule has 5 rings (SSSR count). The van der Waals surface area contributed by atoms with E-state index in [1.165, 1.54) is 12.1 Å². The molecular weight excluding hydrogens is 389 g/mol. The Kier molecular flexibility index (Phi) is 5.18. The predicted molar refractivity (Wildman–Crippen MR) is 116 cm³/mol. The third kappa shape index (κ3) is 3.93. The summed E-state index contributed by atoms with van der Waals surface area (Å²) in [6.07, 6.45) is 0. The van der Waals surface area contributed by atoms with Crippen LogP contribution in [-0.4, -0.2) is 19.9 Å². The van der Waals surface area contributed by atoms with Crippen LogP contribution in [0.3, 0.4) is 0 Å². The zero-order valence-electron chi connectivity index (χ0n) is 15.5. The maximum atomic E-state index is 13.4. The van der Waals surface area contributed by atoms with Crippen LogP contribution in [0.25, 0.3) is 22.1 Å². The number of H-pyrrole nitrogens is 2. The molecule has 0 fully saturated rings. The summed E-state index contributed by atoms with van der Waals surface area (Å²) < 4.78 is 13.4. The largest absolute Gasteiger partial charge is 0.357 e. The van der Waals surface area contributed by atoms with E-state index in [1.54, 1.807) is 12.1 Å². The first-order valence-electron chi connectivity index (χ1n) is 9.12. The highest BCUT2D eigenvalue weighted by molar-refractivity contribution is 5.85. The van der Waals surface area contributed by atoms with E-state index in [1.807, 2.05) is 48.5 Å². The first kappa shape index (κ1) is 19.0. The van der Waals surface area contributed by atoms with Crippen molar-refractivity contribution in [3.05, 3.63) is 90.3 Å². The molecule has 0 amide bonds. The minimum absolute atomic E-state index is 0. The smallest absolute Gasteiger partial charge is 0.126 e. The number of para-hydroxylation sites is 4. The van der Waals surface area contributed by atoms with Gasteiger partial charge in [0.25, 0.3) is 0 Å². The Balaban J connectivity index is 0.00000205. The maximum Gasteiger partial charge on any atom is 0.126 e. The Morgan fingerprint density at radius 3 is 1.66 bits per heavy atom.